The average Bonchev–Trinajstić information content (AvgIpc) is 2.75. The van der Waals surface area contributed by atoms with Gasteiger partial charge in [-0.15, -0.1) is 0 Å². The van der Waals surface area contributed by atoms with Crippen molar-refractivity contribution in [3.8, 4) is 0 Å². The second-order valence-corrected chi connectivity index (χ2v) is 7.60. The van der Waals surface area contributed by atoms with Crippen LogP contribution in [0.4, 0.5) is 0 Å². The van der Waals surface area contributed by atoms with E-state index in [-0.39, 0.29) is 11.9 Å². The van der Waals surface area contributed by atoms with Crippen molar-refractivity contribution in [1.29, 1.82) is 0 Å². The van der Waals surface area contributed by atoms with Crippen molar-refractivity contribution in [3.05, 3.63) is 105 Å². The number of guanidine groups is 1. The summed E-state index contributed by atoms with van der Waals surface area (Å²) in [6.07, 6.45) is 0. The number of halogens is 2. The first-order valence-electron chi connectivity index (χ1n) is 9.34. The molecule has 0 saturated heterocycles. The summed E-state index contributed by atoms with van der Waals surface area (Å²) < 4.78 is 0. The lowest BCUT2D eigenvalue weighted by molar-refractivity contribution is 0.0730. The third-order valence-electron chi connectivity index (χ3n) is 4.56. The average molecular weight is 441 g/mol. The zero-order valence-electron chi connectivity index (χ0n) is 16.3. The number of carbonyl (C=O) groups is 1. The normalized spacial score (nSPS) is 10.5. The van der Waals surface area contributed by atoms with Gasteiger partial charge in [-0.05, 0) is 35.4 Å². The lowest BCUT2D eigenvalue weighted by atomic mass is 10.1. The van der Waals surface area contributed by atoms with Crippen molar-refractivity contribution in [3.63, 3.8) is 0 Å². The zero-order valence-corrected chi connectivity index (χ0v) is 17.8. The van der Waals surface area contributed by atoms with Crippen LogP contribution < -0.4 is 11.5 Å². The molecule has 154 valence electrons. The summed E-state index contributed by atoms with van der Waals surface area (Å²) in [6.45, 7) is 1.10. The monoisotopic (exact) mass is 440 g/mol. The number of rotatable bonds is 7. The van der Waals surface area contributed by atoms with Gasteiger partial charge in [-0.2, -0.15) is 0 Å². The highest BCUT2D eigenvalue weighted by Crippen LogP contribution is 2.27. The molecule has 0 spiro atoms. The fourth-order valence-electron chi connectivity index (χ4n) is 2.99. The lowest BCUT2D eigenvalue weighted by Gasteiger charge is -2.24. The number of benzene rings is 3. The van der Waals surface area contributed by atoms with Gasteiger partial charge in [0.05, 0.1) is 6.54 Å². The van der Waals surface area contributed by atoms with Gasteiger partial charge in [-0.1, -0.05) is 71.7 Å². The van der Waals surface area contributed by atoms with Gasteiger partial charge in [0.1, 0.15) is 0 Å². The number of carbonyl (C=O) groups excluding carboxylic acids is 1. The molecule has 0 aliphatic carbocycles. The number of hydrogen-bond acceptors (Lipinski definition) is 2. The van der Waals surface area contributed by atoms with Crippen molar-refractivity contribution in [1.82, 2.24) is 4.90 Å². The van der Waals surface area contributed by atoms with Crippen LogP contribution in [0.15, 0.2) is 77.8 Å². The van der Waals surface area contributed by atoms with Gasteiger partial charge in [-0.25, -0.2) is 4.99 Å². The largest absolute Gasteiger partial charge is 0.370 e. The molecule has 0 aliphatic rings. The highest BCUT2D eigenvalue weighted by molar-refractivity contribution is 6.36. The van der Waals surface area contributed by atoms with Crippen LogP contribution >= 0.6 is 23.2 Å². The minimum atomic E-state index is -0.101. The summed E-state index contributed by atoms with van der Waals surface area (Å²) in [5, 5.41) is 1.06. The van der Waals surface area contributed by atoms with Crippen LogP contribution in [-0.4, -0.2) is 16.8 Å². The Hall–Kier alpha value is -3.02. The van der Waals surface area contributed by atoms with Crippen LogP contribution in [0.5, 0.6) is 0 Å². The number of nitrogens with two attached hydrogens (primary N) is 2. The highest BCUT2D eigenvalue weighted by Gasteiger charge is 2.19. The maximum absolute atomic E-state index is 13.2. The van der Waals surface area contributed by atoms with Crippen LogP contribution in [-0.2, 0) is 19.6 Å². The van der Waals surface area contributed by atoms with Gasteiger partial charge in [0.15, 0.2) is 5.96 Å². The Morgan fingerprint density at radius 3 is 2.00 bits per heavy atom. The highest BCUT2D eigenvalue weighted by atomic mass is 35.5. The number of aliphatic imine (C=N–C) groups is 1. The minimum Gasteiger partial charge on any atom is -0.370 e. The van der Waals surface area contributed by atoms with E-state index in [0.717, 1.165) is 16.7 Å². The molecule has 0 bridgehead atoms. The fraction of sp³-hybridized carbons (Fsp3) is 0.130. The van der Waals surface area contributed by atoms with Crippen molar-refractivity contribution in [2.45, 2.75) is 19.6 Å². The summed E-state index contributed by atoms with van der Waals surface area (Å²) in [7, 11) is 0. The third-order valence-corrected chi connectivity index (χ3v) is 5.27. The molecule has 0 aromatic heterocycles. The second-order valence-electron chi connectivity index (χ2n) is 6.79. The Morgan fingerprint density at radius 1 is 0.800 bits per heavy atom. The quantitative estimate of drug-likeness (QED) is 0.415. The number of hydrogen-bond donors (Lipinski definition) is 2. The molecule has 5 nitrogen and oxygen atoms in total. The Balaban J connectivity index is 1.86. The molecule has 4 N–H and O–H groups in total. The molecule has 3 aromatic rings. The van der Waals surface area contributed by atoms with E-state index in [4.69, 9.17) is 34.7 Å². The Morgan fingerprint density at radius 2 is 1.40 bits per heavy atom. The number of nitrogens with zero attached hydrogens (tertiary/aromatic N) is 2. The van der Waals surface area contributed by atoms with Gasteiger partial charge in [-0.3, -0.25) is 4.79 Å². The van der Waals surface area contributed by atoms with Gasteiger partial charge in [0, 0.05) is 34.3 Å². The summed E-state index contributed by atoms with van der Waals surface area (Å²) in [4.78, 5) is 19.0. The van der Waals surface area contributed by atoms with E-state index in [2.05, 4.69) is 4.99 Å². The molecule has 0 unspecified atom stereocenters. The lowest BCUT2D eigenvalue weighted by Crippen LogP contribution is -2.30. The van der Waals surface area contributed by atoms with Crippen molar-refractivity contribution in [2.24, 2.45) is 16.5 Å². The molecular weight excluding hydrogens is 419 g/mol. The van der Waals surface area contributed by atoms with E-state index >= 15 is 0 Å². The molecule has 0 atom stereocenters. The fourth-order valence-corrected chi connectivity index (χ4v) is 3.51. The van der Waals surface area contributed by atoms with Crippen LogP contribution in [0.25, 0.3) is 0 Å². The second kappa shape index (κ2) is 10.1. The van der Waals surface area contributed by atoms with Crippen LogP contribution in [0.2, 0.25) is 10.0 Å². The van der Waals surface area contributed by atoms with Crippen LogP contribution in [0.1, 0.15) is 27.0 Å². The summed E-state index contributed by atoms with van der Waals surface area (Å²) in [5.41, 5.74) is 14.0. The number of amides is 1. The van der Waals surface area contributed by atoms with Gasteiger partial charge < -0.3 is 16.4 Å². The zero-order chi connectivity index (χ0) is 21.5. The van der Waals surface area contributed by atoms with E-state index in [1.807, 2.05) is 42.5 Å². The van der Waals surface area contributed by atoms with E-state index in [9.17, 15) is 4.79 Å². The molecule has 0 fully saturated rings. The molecule has 30 heavy (non-hydrogen) atoms. The van der Waals surface area contributed by atoms with Crippen LogP contribution in [0.3, 0.4) is 0 Å². The van der Waals surface area contributed by atoms with Crippen molar-refractivity contribution < 1.29 is 4.79 Å². The Kier molecular flexibility index (Phi) is 7.33. The Labute approximate surface area is 185 Å². The molecule has 0 aliphatic heterocycles. The summed E-state index contributed by atoms with van der Waals surface area (Å²) >= 11 is 12.7. The first-order chi connectivity index (χ1) is 14.4. The summed E-state index contributed by atoms with van der Waals surface area (Å²) in [6, 6.07) is 22.3. The maximum atomic E-state index is 13.2. The van der Waals surface area contributed by atoms with E-state index in [1.165, 1.54) is 0 Å². The predicted molar refractivity (Wildman–Crippen MR) is 122 cm³/mol. The van der Waals surface area contributed by atoms with E-state index in [0.29, 0.717) is 35.2 Å². The minimum absolute atomic E-state index is 0.0512. The van der Waals surface area contributed by atoms with E-state index in [1.54, 1.807) is 35.2 Å². The molecule has 3 aromatic carbocycles. The first-order valence-corrected chi connectivity index (χ1v) is 10.1. The summed E-state index contributed by atoms with van der Waals surface area (Å²) in [5.74, 6) is -0.0495. The molecule has 0 saturated carbocycles. The van der Waals surface area contributed by atoms with Gasteiger partial charge in [0.25, 0.3) is 5.91 Å². The van der Waals surface area contributed by atoms with Crippen molar-refractivity contribution in [2.75, 3.05) is 0 Å². The smallest absolute Gasteiger partial charge is 0.254 e. The third kappa shape index (κ3) is 5.75. The predicted octanol–water partition coefficient (Wildman–Crippen LogP) is 4.61. The maximum Gasteiger partial charge on any atom is 0.254 e. The molecule has 7 heteroatoms. The van der Waals surface area contributed by atoms with Crippen LogP contribution in [0, 0.1) is 0 Å². The van der Waals surface area contributed by atoms with E-state index < -0.39 is 0 Å². The first kappa shape index (κ1) is 21.7. The molecule has 1 amide bonds. The van der Waals surface area contributed by atoms with Crippen molar-refractivity contribution >= 4 is 35.1 Å². The topological polar surface area (TPSA) is 84.7 Å². The molecule has 0 radical (unpaired) electrons. The molecule has 3 rings (SSSR count). The molecular formula is C23H22Cl2N4O. The standard InChI is InChI=1S/C23H22Cl2N4O/c24-20-7-4-8-21(25)19(20)15-29(22(30)18-5-2-1-3-6-18)14-17-11-9-16(10-12-17)13-28-23(26)27/h1-12H,13-15H2,(H4,26,27,28). The SMILES string of the molecule is NC(N)=NCc1ccc(CN(Cc2c(Cl)cccc2Cl)C(=O)c2ccccc2)cc1. The van der Waals surface area contributed by atoms with Gasteiger partial charge in [0.2, 0.25) is 0 Å². The van der Waals surface area contributed by atoms with Gasteiger partial charge >= 0.3 is 0 Å². The Bertz CT molecular complexity index is 1010. The molecule has 0 heterocycles.